The first-order valence-corrected chi connectivity index (χ1v) is 23.1. The summed E-state index contributed by atoms with van der Waals surface area (Å²) in [6.45, 7) is 11.0. The highest BCUT2D eigenvalue weighted by Crippen LogP contribution is 2.39. The summed E-state index contributed by atoms with van der Waals surface area (Å²) >= 11 is 1.88. The molecule has 0 N–H and O–H groups in total. The van der Waals surface area contributed by atoms with Crippen LogP contribution in [0.5, 0.6) is 0 Å². The summed E-state index contributed by atoms with van der Waals surface area (Å²) in [5, 5.41) is 5.13. The molecule has 9 rings (SSSR count). The lowest BCUT2D eigenvalue weighted by molar-refractivity contribution is 0.864. The van der Waals surface area contributed by atoms with E-state index in [1.165, 1.54) is 82.1 Å². The highest BCUT2D eigenvalue weighted by Gasteiger charge is 2.19. The molecule has 0 bridgehead atoms. The van der Waals surface area contributed by atoms with Crippen LogP contribution in [-0.4, -0.2) is 11.8 Å². The minimum atomic E-state index is 0.0255. The van der Waals surface area contributed by atoms with Crippen LogP contribution >= 0.6 is 11.8 Å². The van der Waals surface area contributed by atoms with Gasteiger partial charge in [-0.05, 0) is 147 Å². The Hall–Kier alpha value is -6.87. The third kappa shape index (κ3) is 9.05. The van der Waals surface area contributed by atoms with Crippen LogP contribution in [-0.2, 0) is 6.42 Å². The molecule has 308 valence electrons. The Labute approximate surface area is 378 Å². The highest BCUT2D eigenvalue weighted by molar-refractivity contribution is 7.99. The molecule has 0 aromatic heterocycles. The number of nitrogens with zero attached hydrogens (tertiary/aromatic N) is 1. The molecule has 0 amide bonds. The highest BCUT2D eigenvalue weighted by atomic mass is 32.2. The molecular formula is C61H53NS. The first-order chi connectivity index (χ1) is 31.0. The lowest BCUT2D eigenvalue weighted by Gasteiger charge is -2.31. The minimum absolute atomic E-state index is 0.0255. The van der Waals surface area contributed by atoms with Gasteiger partial charge in [-0.1, -0.05) is 189 Å². The number of benzene rings is 7. The third-order valence-corrected chi connectivity index (χ3v) is 13.5. The van der Waals surface area contributed by atoms with E-state index in [1.807, 2.05) is 11.8 Å². The maximum atomic E-state index is 4.42. The van der Waals surface area contributed by atoms with E-state index in [0.29, 0.717) is 0 Å². The average molecular weight is 832 g/mol. The molecule has 63 heavy (non-hydrogen) atoms. The Bertz CT molecular complexity index is 3050. The maximum absolute atomic E-state index is 4.42. The van der Waals surface area contributed by atoms with E-state index < -0.39 is 0 Å². The molecular weight excluding hydrogens is 779 g/mol. The fraction of sp³-hybridized carbons (Fsp3) is 0.115. The van der Waals surface area contributed by atoms with Crippen molar-refractivity contribution in [2.75, 3.05) is 10.7 Å². The molecule has 0 radical (unpaired) electrons. The average Bonchev–Trinajstić information content (AvgIpc) is 3.42. The van der Waals surface area contributed by atoms with Gasteiger partial charge in [0.15, 0.2) is 0 Å². The number of hydrogen-bond acceptors (Lipinski definition) is 2. The number of thioether (sulfide) groups is 1. The molecule has 1 aliphatic heterocycles. The van der Waals surface area contributed by atoms with Gasteiger partial charge in [0.05, 0.1) is 0 Å². The first-order valence-electron chi connectivity index (χ1n) is 22.1. The zero-order valence-electron chi connectivity index (χ0n) is 36.5. The van der Waals surface area contributed by atoms with E-state index in [1.54, 1.807) is 0 Å². The zero-order chi connectivity index (χ0) is 43.1. The Kier molecular flexibility index (Phi) is 12.5. The summed E-state index contributed by atoms with van der Waals surface area (Å²) in [5.74, 6) is 0.907. The van der Waals surface area contributed by atoms with E-state index in [9.17, 15) is 0 Å². The fourth-order valence-electron chi connectivity index (χ4n) is 8.99. The SMILES string of the molecule is C=C1/C=C\C=C/CSc2c1cccc2C(/C=C\[C@H](C)N(c1ccc(C2=Cc3c(ccc4ccccc34)CC2)cc1)c1cccc(C(/C=C\c2ccc3ccccc3c2)=C/C)c1)=C/C. The number of allylic oxidation sites excluding steroid dienone is 11. The summed E-state index contributed by atoms with van der Waals surface area (Å²) in [4.78, 5) is 3.74. The Morgan fingerprint density at radius 1 is 0.683 bits per heavy atom. The van der Waals surface area contributed by atoms with Crippen molar-refractivity contribution in [3.63, 3.8) is 0 Å². The fourth-order valence-corrected chi connectivity index (χ4v) is 10.1. The van der Waals surface area contributed by atoms with Gasteiger partial charge in [-0.3, -0.25) is 0 Å². The summed E-state index contributed by atoms with van der Waals surface area (Å²) in [6, 6.07) is 53.4. The molecule has 0 saturated heterocycles. The van der Waals surface area contributed by atoms with E-state index in [2.05, 4.69) is 245 Å². The Balaban J connectivity index is 1.07. The van der Waals surface area contributed by atoms with Crippen molar-refractivity contribution in [2.24, 2.45) is 0 Å². The monoisotopic (exact) mass is 831 g/mol. The van der Waals surface area contributed by atoms with E-state index >= 15 is 0 Å². The smallest absolute Gasteiger partial charge is 0.0497 e. The van der Waals surface area contributed by atoms with Gasteiger partial charge in [-0.2, -0.15) is 0 Å². The predicted octanol–water partition coefficient (Wildman–Crippen LogP) is 17.0. The molecule has 0 unspecified atom stereocenters. The summed E-state index contributed by atoms with van der Waals surface area (Å²) in [7, 11) is 0. The lowest BCUT2D eigenvalue weighted by atomic mass is 9.86. The number of fused-ring (bicyclic) bond motifs is 5. The second kappa shape index (κ2) is 19.0. The van der Waals surface area contributed by atoms with E-state index in [-0.39, 0.29) is 6.04 Å². The largest absolute Gasteiger partial charge is 0.335 e. The van der Waals surface area contributed by atoms with Crippen LogP contribution in [0.15, 0.2) is 212 Å². The zero-order valence-corrected chi connectivity index (χ0v) is 37.3. The van der Waals surface area contributed by atoms with Crippen LogP contribution in [0.3, 0.4) is 0 Å². The maximum Gasteiger partial charge on any atom is 0.0497 e. The van der Waals surface area contributed by atoms with Gasteiger partial charge >= 0.3 is 0 Å². The van der Waals surface area contributed by atoms with Gasteiger partial charge in [0, 0.05) is 28.1 Å². The van der Waals surface area contributed by atoms with Crippen LogP contribution < -0.4 is 4.90 Å². The van der Waals surface area contributed by atoms with Gasteiger partial charge in [0.1, 0.15) is 0 Å². The number of anilines is 2. The topological polar surface area (TPSA) is 3.24 Å². The number of aryl methyl sites for hydroxylation is 1. The van der Waals surface area contributed by atoms with Crippen LogP contribution in [0, 0.1) is 0 Å². The quantitative estimate of drug-likeness (QED) is 0.126. The van der Waals surface area contributed by atoms with E-state index in [0.717, 1.165) is 35.5 Å². The van der Waals surface area contributed by atoms with Gasteiger partial charge in [-0.25, -0.2) is 0 Å². The molecule has 7 aromatic rings. The van der Waals surface area contributed by atoms with Crippen LogP contribution in [0.2, 0.25) is 0 Å². The van der Waals surface area contributed by atoms with Crippen molar-refractivity contribution in [1.29, 1.82) is 0 Å². The van der Waals surface area contributed by atoms with Gasteiger partial charge in [0.25, 0.3) is 0 Å². The van der Waals surface area contributed by atoms with Crippen molar-refractivity contribution in [1.82, 2.24) is 0 Å². The van der Waals surface area contributed by atoms with Crippen molar-refractivity contribution < 1.29 is 0 Å². The molecule has 1 heterocycles. The number of hydrogen-bond donors (Lipinski definition) is 0. The van der Waals surface area contributed by atoms with E-state index in [4.69, 9.17) is 0 Å². The van der Waals surface area contributed by atoms with Crippen molar-refractivity contribution in [3.05, 3.63) is 246 Å². The molecule has 2 heteroatoms. The second-order valence-corrected chi connectivity index (χ2v) is 17.4. The van der Waals surface area contributed by atoms with Crippen LogP contribution in [0.4, 0.5) is 11.4 Å². The summed E-state index contributed by atoms with van der Waals surface area (Å²) < 4.78 is 0. The predicted molar refractivity (Wildman–Crippen MR) is 279 cm³/mol. The first kappa shape index (κ1) is 41.5. The minimum Gasteiger partial charge on any atom is -0.335 e. The van der Waals surface area contributed by atoms with Crippen molar-refractivity contribution >= 4 is 79.1 Å². The van der Waals surface area contributed by atoms with Gasteiger partial charge in [-0.15, -0.1) is 11.8 Å². The number of rotatable bonds is 10. The summed E-state index contributed by atoms with van der Waals surface area (Å²) in [6.07, 6.45) is 26.6. The normalized spacial score (nSPS) is 16.0. The lowest BCUT2D eigenvalue weighted by Crippen LogP contribution is -2.26. The molecule has 7 aromatic carbocycles. The molecule has 0 spiro atoms. The second-order valence-electron chi connectivity index (χ2n) is 16.3. The van der Waals surface area contributed by atoms with Crippen LogP contribution in [0.25, 0.3) is 56.0 Å². The van der Waals surface area contributed by atoms with Gasteiger partial charge < -0.3 is 4.90 Å². The van der Waals surface area contributed by atoms with Crippen molar-refractivity contribution in [3.8, 4) is 0 Å². The molecule has 1 atom stereocenters. The standard InChI is InChI=1S/C61H53NS/c1-5-46(29-26-45-27-30-48-17-9-10-19-52(48)40-45)53-20-14-21-56(41-53)62(44(4)25-28-47(6-2)59-24-15-23-57-43(3)16-8-7-13-39-63-61(57)59)55-37-35-49(36-38-55)54-34-33-51-32-31-50-18-11-12-22-58(50)60(51)42-54/h5-32,35-38,40-42,44H,3,33-34,39H2,1-2,4H3/b13-7-,16-8-,28-25-,29-26-,46-5+,47-6+/t44-/m0/s1. The molecule has 1 aliphatic carbocycles. The molecule has 1 nitrogen and oxygen atoms in total. The summed E-state index contributed by atoms with van der Waals surface area (Å²) in [5.41, 5.74) is 15.9. The van der Waals surface area contributed by atoms with Crippen molar-refractivity contribution in [2.45, 2.75) is 44.6 Å². The van der Waals surface area contributed by atoms with Gasteiger partial charge in [0.2, 0.25) is 0 Å². The molecule has 0 fully saturated rings. The molecule has 2 aliphatic rings. The Morgan fingerprint density at radius 2 is 1.46 bits per heavy atom. The Morgan fingerprint density at radius 3 is 2.30 bits per heavy atom. The third-order valence-electron chi connectivity index (χ3n) is 12.4. The molecule has 0 saturated carbocycles. The van der Waals surface area contributed by atoms with Crippen LogP contribution in [0.1, 0.15) is 66.1 Å².